The Kier molecular flexibility index (Phi) is 4.37. The van der Waals surface area contributed by atoms with Gasteiger partial charge < -0.3 is 14.9 Å². The first kappa shape index (κ1) is 14.8. The summed E-state index contributed by atoms with van der Waals surface area (Å²) in [6.07, 6.45) is 0.134. The highest BCUT2D eigenvalue weighted by Gasteiger charge is 2.24. The van der Waals surface area contributed by atoms with Crippen molar-refractivity contribution in [1.29, 1.82) is 0 Å². The summed E-state index contributed by atoms with van der Waals surface area (Å²) < 4.78 is 5.01. The molecule has 0 saturated heterocycles. The molecule has 2 aromatic rings. The van der Waals surface area contributed by atoms with Crippen molar-refractivity contribution in [2.24, 2.45) is 0 Å². The van der Waals surface area contributed by atoms with Gasteiger partial charge in [-0.25, -0.2) is 4.79 Å². The third-order valence-electron chi connectivity index (χ3n) is 3.23. The normalized spacial score (nSPS) is 11.9. The molecule has 2 rings (SSSR count). The van der Waals surface area contributed by atoms with E-state index in [0.717, 1.165) is 0 Å². The van der Waals surface area contributed by atoms with Gasteiger partial charge in [0, 0.05) is 17.5 Å². The van der Waals surface area contributed by atoms with Gasteiger partial charge in [-0.15, -0.1) is 0 Å². The Morgan fingerprint density at radius 1 is 1.29 bits per heavy atom. The molecule has 0 saturated carbocycles. The molecule has 0 aliphatic rings. The maximum atomic E-state index is 12.0. The third kappa shape index (κ3) is 3.47. The molecule has 2 N–H and O–H groups in total. The highest BCUT2D eigenvalue weighted by Crippen LogP contribution is 2.15. The van der Waals surface area contributed by atoms with Gasteiger partial charge in [-0.05, 0) is 26.0 Å². The second-order valence-electron chi connectivity index (χ2n) is 4.74. The first-order valence-electron chi connectivity index (χ1n) is 6.49. The van der Waals surface area contributed by atoms with E-state index in [4.69, 9.17) is 4.52 Å². The van der Waals surface area contributed by atoms with Crippen LogP contribution in [0.3, 0.4) is 0 Å². The molecule has 21 heavy (non-hydrogen) atoms. The van der Waals surface area contributed by atoms with Crippen molar-refractivity contribution in [3.05, 3.63) is 52.9 Å². The summed E-state index contributed by atoms with van der Waals surface area (Å²) in [5.74, 6) is -0.957. The fourth-order valence-corrected chi connectivity index (χ4v) is 2.03. The van der Waals surface area contributed by atoms with Crippen molar-refractivity contribution in [2.75, 3.05) is 0 Å². The van der Waals surface area contributed by atoms with Gasteiger partial charge in [0.05, 0.1) is 5.69 Å². The minimum Gasteiger partial charge on any atom is -0.480 e. The predicted molar refractivity (Wildman–Crippen MR) is 75.0 cm³/mol. The Morgan fingerprint density at radius 3 is 2.48 bits per heavy atom. The standard InChI is InChI=1S/C15H16N2O4/c1-9-12(10(2)21-17-9)8-13(15(19)20)16-14(18)11-6-4-3-5-7-11/h3-7,13H,8H2,1-2H3,(H,16,18)(H,19,20). The third-order valence-corrected chi connectivity index (χ3v) is 3.23. The number of hydrogen-bond acceptors (Lipinski definition) is 4. The number of nitrogens with one attached hydrogen (secondary N) is 1. The van der Waals surface area contributed by atoms with Gasteiger partial charge in [-0.2, -0.15) is 0 Å². The number of aliphatic carboxylic acids is 1. The molecule has 6 nitrogen and oxygen atoms in total. The summed E-state index contributed by atoms with van der Waals surface area (Å²) in [7, 11) is 0. The molecule has 0 spiro atoms. The maximum absolute atomic E-state index is 12.0. The smallest absolute Gasteiger partial charge is 0.326 e. The molecular formula is C15H16N2O4. The number of aryl methyl sites for hydroxylation is 2. The quantitative estimate of drug-likeness (QED) is 0.874. The van der Waals surface area contributed by atoms with Gasteiger partial charge in [0.1, 0.15) is 11.8 Å². The van der Waals surface area contributed by atoms with E-state index >= 15 is 0 Å². The molecule has 1 amide bonds. The fraction of sp³-hybridized carbons (Fsp3) is 0.267. The minimum absolute atomic E-state index is 0.134. The Labute approximate surface area is 121 Å². The van der Waals surface area contributed by atoms with E-state index in [0.29, 0.717) is 22.6 Å². The number of aromatic nitrogens is 1. The maximum Gasteiger partial charge on any atom is 0.326 e. The number of hydrogen-bond donors (Lipinski definition) is 2. The number of carboxylic acid groups (broad SMARTS) is 1. The summed E-state index contributed by atoms with van der Waals surface area (Å²) in [6, 6.07) is 7.45. The molecule has 0 radical (unpaired) electrons. The number of carbonyl (C=O) groups excluding carboxylic acids is 1. The first-order chi connectivity index (χ1) is 9.99. The number of nitrogens with zero attached hydrogens (tertiary/aromatic N) is 1. The van der Waals surface area contributed by atoms with E-state index in [-0.39, 0.29) is 6.42 Å². The lowest BCUT2D eigenvalue weighted by molar-refractivity contribution is -0.139. The van der Waals surface area contributed by atoms with E-state index < -0.39 is 17.9 Å². The van der Waals surface area contributed by atoms with Crippen LogP contribution in [-0.4, -0.2) is 28.2 Å². The average molecular weight is 288 g/mol. The monoisotopic (exact) mass is 288 g/mol. The Morgan fingerprint density at radius 2 is 1.95 bits per heavy atom. The minimum atomic E-state index is -1.10. The van der Waals surface area contributed by atoms with Crippen LogP contribution in [0.15, 0.2) is 34.9 Å². The highest BCUT2D eigenvalue weighted by atomic mass is 16.5. The summed E-state index contributed by atoms with van der Waals surface area (Å²) in [4.78, 5) is 23.4. The number of amides is 1. The van der Waals surface area contributed by atoms with Gasteiger partial charge in [0.15, 0.2) is 0 Å². The molecule has 110 valence electrons. The second kappa shape index (κ2) is 6.21. The molecule has 0 aliphatic heterocycles. The Bertz CT molecular complexity index is 629. The molecule has 0 bridgehead atoms. The van der Waals surface area contributed by atoms with Crippen molar-refractivity contribution in [1.82, 2.24) is 10.5 Å². The second-order valence-corrected chi connectivity index (χ2v) is 4.74. The van der Waals surface area contributed by atoms with Crippen molar-refractivity contribution in [3.63, 3.8) is 0 Å². The summed E-state index contributed by atoms with van der Waals surface area (Å²) >= 11 is 0. The van der Waals surface area contributed by atoms with Gasteiger partial charge in [-0.3, -0.25) is 4.79 Å². The van der Waals surface area contributed by atoms with Crippen molar-refractivity contribution in [3.8, 4) is 0 Å². The zero-order chi connectivity index (χ0) is 15.4. The van der Waals surface area contributed by atoms with Crippen LogP contribution < -0.4 is 5.32 Å². The van der Waals surface area contributed by atoms with Crippen LogP contribution in [0.5, 0.6) is 0 Å². The number of benzene rings is 1. The van der Waals surface area contributed by atoms with Crippen molar-refractivity contribution in [2.45, 2.75) is 26.3 Å². The van der Waals surface area contributed by atoms with Gasteiger partial charge >= 0.3 is 5.97 Å². The number of carbonyl (C=O) groups is 2. The topological polar surface area (TPSA) is 92.4 Å². The molecule has 6 heteroatoms. The lowest BCUT2D eigenvalue weighted by atomic mass is 10.0. The highest BCUT2D eigenvalue weighted by molar-refractivity contribution is 5.96. The van der Waals surface area contributed by atoms with E-state index in [9.17, 15) is 14.7 Å². The van der Waals surface area contributed by atoms with Gasteiger partial charge in [-0.1, -0.05) is 23.4 Å². The lowest BCUT2D eigenvalue weighted by Crippen LogP contribution is -2.42. The summed E-state index contributed by atoms with van der Waals surface area (Å²) in [5, 5.41) is 15.6. The van der Waals surface area contributed by atoms with Crippen LogP contribution in [0.2, 0.25) is 0 Å². The van der Waals surface area contributed by atoms with Crippen LogP contribution in [0.4, 0.5) is 0 Å². The SMILES string of the molecule is Cc1noc(C)c1CC(NC(=O)c1ccccc1)C(=O)O. The molecule has 1 unspecified atom stereocenters. The Hall–Kier alpha value is -2.63. The molecule has 0 fully saturated rings. The molecular weight excluding hydrogens is 272 g/mol. The van der Waals surface area contributed by atoms with E-state index in [1.165, 1.54) is 0 Å². The van der Waals surface area contributed by atoms with Gasteiger partial charge in [0.25, 0.3) is 5.91 Å². The largest absolute Gasteiger partial charge is 0.480 e. The molecule has 1 atom stereocenters. The van der Waals surface area contributed by atoms with Crippen LogP contribution >= 0.6 is 0 Å². The van der Waals surface area contributed by atoms with Crippen molar-refractivity contribution < 1.29 is 19.2 Å². The van der Waals surface area contributed by atoms with Crippen LogP contribution in [0, 0.1) is 13.8 Å². The van der Waals surface area contributed by atoms with E-state index in [1.807, 2.05) is 0 Å². The molecule has 1 aromatic carbocycles. The number of carboxylic acids is 1. The van der Waals surface area contributed by atoms with E-state index in [2.05, 4.69) is 10.5 Å². The molecule has 0 aliphatic carbocycles. The zero-order valence-electron chi connectivity index (χ0n) is 11.8. The lowest BCUT2D eigenvalue weighted by Gasteiger charge is -2.14. The average Bonchev–Trinajstić information content (AvgIpc) is 2.78. The van der Waals surface area contributed by atoms with Crippen LogP contribution in [-0.2, 0) is 11.2 Å². The fourth-order valence-electron chi connectivity index (χ4n) is 2.03. The van der Waals surface area contributed by atoms with Crippen LogP contribution in [0.1, 0.15) is 27.4 Å². The molecule has 1 heterocycles. The summed E-state index contributed by atoms with van der Waals surface area (Å²) in [5.41, 5.74) is 1.76. The van der Waals surface area contributed by atoms with Crippen LogP contribution in [0.25, 0.3) is 0 Å². The predicted octanol–water partition coefficient (Wildman–Crippen LogP) is 1.72. The number of rotatable bonds is 5. The van der Waals surface area contributed by atoms with E-state index in [1.54, 1.807) is 44.2 Å². The van der Waals surface area contributed by atoms with Crippen molar-refractivity contribution >= 4 is 11.9 Å². The zero-order valence-corrected chi connectivity index (χ0v) is 11.8. The van der Waals surface area contributed by atoms with Gasteiger partial charge in [0.2, 0.25) is 0 Å². The first-order valence-corrected chi connectivity index (χ1v) is 6.49. The molecule has 1 aromatic heterocycles. The Balaban J connectivity index is 2.14. The summed E-state index contributed by atoms with van der Waals surface area (Å²) in [6.45, 7) is 3.46.